The number of aromatic nitrogens is 1. The predicted octanol–water partition coefficient (Wildman–Crippen LogP) is 2.47. The van der Waals surface area contributed by atoms with Gasteiger partial charge in [-0.3, -0.25) is 0 Å². The maximum atomic E-state index is 5.81. The summed E-state index contributed by atoms with van der Waals surface area (Å²) in [6.07, 6.45) is 4.11. The molecule has 1 aliphatic rings. The number of hydrogen-bond acceptors (Lipinski definition) is 5. The van der Waals surface area contributed by atoms with Crippen molar-refractivity contribution in [2.24, 2.45) is 0 Å². The van der Waals surface area contributed by atoms with E-state index in [-0.39, 0.29) is 0 Å². The second kappa shape index (κ2) is 4.25. The SMILES string of the molecule is COc1ccc(-c2cnoc2N)cc1OC1CC1. The van der Waals surface area contributed by atoms with Crippen LogP contribution < -0.4 is 15.2 Å². The Morgan fingerprint density at radius 2 is 2.17 bits per heavy atom. The lowest BCUT2D eigenvalue weighted by Crippen LogP contribution is -1.99. The van der Waals surface area contributed by atoms with Gasteiger partial charge in [-0.2, -0.15) is 0 Å². The Balaban J connectivity index is 1.98. The van der Waals surface area contributed by atoms with Crippen molar-refractivity contribution in [2.45, 2.75) is 18.9 Å². The van der Waals surface area contributed by atoms with Crippen LogP contribution in [0.15, 0.2) is 28.9 Å². The minimum absolute atomic E-state index is 0.303. The fourth-order valence-corrected chi connectivity index (χ4v) is 1.77. The van der Waals surface area contributed by atoms with E-state index < -0.39 is 0 Å². The fraction of sp³-hybridized carbons (Fsp3) is 0.308. The normalized spacial score (nSPS) is 14.5. The van der Waals surface area contributed by atoms with Crippen LogP contribution in [0.25, 0.3) is 11.1 Å². The highest BCUT2D eigenvalue weighted by Gasteiger charge is 2.25. The summed E-state index contributed by atoms with van der Waals surface area (Å²) in [6, 6.07) is 5.67. The maximum absolute atomic E-state index is 5.81. The van der Waals surface area contributed by atoms with Gasteiger partial charge in [-0.05, 0) is 30.5 Å². The van der Waals surface area contributed by atoms with Gasteiger partial charge in [0.25, 0.3) is 0 Å². The highest BCUT2D eigenvalue weighted by Crippen LogP contribution is 2.37. The van der Waals surface area contributed by atoms with Crippen LogP contribution in [0.2, 0.25) is 0 Å². The van der Waals surface area contributed by atoms with Gasteiger partial charge in [-0.25, -0.2) is 0 Å². The first-order valence-electron chi connectivity index (χ1n) is 5.83. The average Bonchev–Trinajstić information content (AvgIpc) is 3.09. The molecule has 1 aromatic heterocycles. The van der Waals surface area contributed by atoms with E-state index in [0.29, 0.717) is 12.0 Å². The summed E-state index contributed by atoms with van der Waals surface area (Å²) in [5.74, 6) is 1.76. The summed E-state index contributed by atoms with van der Waals surface area (Å²) in [6.45, 7) is 0. The zero-order chi connectivity index (χ0) is 12.5. The van der Waals surface area contributed by atoms with E-state index in [0.717, 1.165) is 35.5 Å². The summed E-state index contributed by atoms with van der Waals surface area (Å²) in [5, 5.41) is 3.67. The number of rotatable bonds is 4. The molecule has 1 saturated carbocycles. The van der Waals surface area contributed by atoms with Crippen molar-refractivity contribution < 1.29 is 14.0 Å². The van der Waals surface area contributed by atoms with Crippen LogP contribution in [0.4, 0.5) is 5.88 Å². The molecule has 0 amide bonds. The number of nitrogens with two attached hydrogens (primary N) is 1. The lowest BCUT2D eigenvalue weighted by Gasteiger charge is -2.11. The smallest absolute Gasteiger partial charge is 0.229 e. The molecule has 5 heteroatoms. The van der Waals surface area contributed by atoms with Gasteiger partial charge in [-0.1, -0.05) is 11.2 Å². The lowest BCUT2D eigenvalue weighted by atomic mass is 10.1. The third-order valence-electron chi connectivity index (χ3n) is 2.89. The van der Waals surface area contributed by atoms with E-state index in [4.69, 9.17) is 19.7 Å². The second-order valence-corrected chi connectivity index (χ2v) is 4.29. The maximum Gasteiger partial charge on any atom is 0.229 e. The monoisotopic (exact) mass is 246 g/mol. The molecule has 1 heterocycles. The Morgan fingerprint density at radius 3 is 2.78 bits per heavy atom. The van der Waals surface area contributed by atoms with Crippen LogP contribution >= 0.6 is 0 Å². The third-order valence-corrected chi connectivity index (χ3v) is 2.89. The standard InChI is InChI=1S/C13H14N2O3/c1-16-11-5-2-8(10-7-15-18-13(10)14)6-12(11)17-9-3-4-9/h2,5-7,9H,3-4,14H2,1H3. The van der Waals surface area contributed by atoms with Crippen molar-refractivity contribution in [2.75, 3.05) is 12.8 Å². The molecule has 94 valence electrons. The minimum Gasteiger partial charge on any atom is -0.493 e. The number of methoxy groups -OCH3 is 1. The first-order chi connectivity index (χ1) is 8.78. The number of nitrogen functional groups attached to an aromatic ring is 1. The van der Waals surface area contributed by atoms with Gasteiger partial charge < -0.3 is 19.7 Å². The summed E-state index contributed by atoms with van der Waals surface area (Å²) in [7, 11) is 1.63. The van der Waals surface area contributed by atoms with Crippen LogP contribution in [-0.2, 0) is 0 Å². The van der Waals surface area contributed by atoms with Crippen molar-refractivity contribution in [3.05, 3.63) is 24.4 Å². The Bertz CT molecular complexity index is 561. The van der Waals surface area contributed by atoms with Gasteiger partial charge in [0.05, 0.1) is 25.0 Å². The van der Waals surface area contributed by atoms with Crippen molar-refractivity contribution in [1.82, 2.24) is 5.16 Å². The van der Waals surface area contributed by atoms with Crippen LogP contribution in [0.1, 0.15) is 12.8 Å². The van der Waals surface area contributed by atoms with E-state index in [9.17, 15) is 0 Å². The molecule has 1 fully saturated rings. The molecule has 0 saturated heterocycles. The molecule has 2 aromatic rings. The Labute approximate surface area is 104 Å². The third kappa shape index (κ3) is 1.99. The lowest BCUT2D eigenvalue weighted by molar-refractivity contribution is 0.282. The molecule has 0 aliphatic heterocycles. The molecule has 0 atom stereocenters. The molecular formula is C13H14N2O3. The van der Waals surface area contributed by atoms with Crippen molar-refractivity contribution >= 4 is 5.88 Å². The summed E-state index contributed by atoms with van der Waals surface area (Å²) in [4.78, 5) is 0. The molecule has 0 unspecified atom stereocenters. The second-order valence-electron chi connectivity index (χ2n) is 4.29. The molecule has 2 N–H and O–H groups in total. The van der Waals surface area contributed by atoms with E-state index in [1.165, 1.54) is 0 Å². The first kappa shape index (κ1) is 11.0. The number of nitrogens with zero attached hydrogens (tertiary/aromatic N) is 1. The van der Waals surface area contributed by atoms with E-state index in [2.05, 4.69) is 5.16 Å². The van der Waals surface area contributed by atoms with Crippen molar-refractivity contribution in [3.63, 3.8) is 0 Å². The zero-order valence-corrected chi connectivity index (χ0v) is 10.1. The quantitative estimate of drug-likeness (QED) is 0.897. The molecule has 1 aliphatic carbocycles. The Morgan fingerprint density at radius 1 is 1.33 bits per heavy atom. The largest absolute Gasteiger partial charge is 0.493 e. The van der Waals surface area contributed by atoms with Crippen molar-refractivity contribution in [1.29, 1.82) is 0 Å². The van der Waals surface area contributed by atoms with Gasteiger partial charge in [0.15, 0.2) is 11.5 Å². The molecule has 0 spiro atoms. The predicted molar refractivity (Wildman–Crippen MR) is 66.6 cm³/mol. The number of benzene rings is 1. The van der Waals surface area contributed by atoms with Crippen LogP contribution in [0, 0.1) is 0 Å². The Hall–Kier alpha value is -2.17. The average molecular weight is 246 g/mol. The highest BCUT2D eigenvalue weighted by atomic mass is 16.5. The van der Waals surface area contributed by atoms with E-state index in [1.807, 2.05) is 18.2 Å². The van der Waals surface area contributed by atoms with Crippen LogP contribution in [0.5, 0.6) is 11.5 Å². The van der Waals surface area contributed by atoms with Gasteiger partial charge in [-0.15, -0.1) is 0 Å². The number of ether oxygens (including phenoxy) is 2. The summed E-state index contributed by atoms with van der Waals surface area (Å²) < 4.78 is 16.0. The molecule has 3 rings (SSSR count). The minimum atomic E-state index is 0.303. The zero-order valence-electron chi connectivity index (χ0n) is 10.1. The van der Waals surface area contributed by atoms with Crippen LogP contribution in [-0.4, -0.2) is 18.4 Å². The number of hydrogen-bond donors (Lipinski definition) is 1. The first-order valence-corrected chi connectivity index (χ1v) is 5.83. The molecule has 0 radical (unpaired) electrons. The van der Waals surface area contributed by atoms with Crippen molar-refractivity contribution in [3.8, 4) is 22.6 Å². The van der Waals surface area contributed by atoms with Gasteiger partial charge in [0.1, 0.15) is 0 Å². The van der Waals surface area contributed by atoms with E-state index >= 15 is 0 Å². The molecular weight excluding hydrogens is 232 g/mol. The highest BCUT2D eigenvalue weighted by molar-refractivity contribution is 5.74. The Kier molecular flexibility index (Phi) is 2.59. The molecule has 5 nitrogen and oxygen atoms in total. The fourth-order valence-electron chi connectivity index (χ4n) is 1.77. The topological polar surface area (TPSA) is 70.5 Å². The molecule has 18 heavy (non-hydrogen) atoms. The van der Waals surface area contributed by atoms with E-state index in [1.54, 1.807) is 13.3 Å². The summed E-state index contributed by atoms with van der Waals surface area (Å²) >= 11 is 0. The van der Waals surface area contributed by atoms with Crippen LogP contribution in [0.3, 0.4) is 0 Å². The molecule has 0 bridgehead atoms. The molecule has 1 aromatic carbocycles. The summed E-state index contributed by atoms with van der Waals surface area (Å²) in [5.41, 5.74) is 7.38. The number of anilines is 1. The van der Waals surface area contributed by atoms with Gasteiger partial charge in [0, 0.05) is 0 Å². The van der Waals surface area contributed by atoms with Gasteiger partial charge in [0.2, 0.25) is 5.88 Å². The van der Waals surface area contributed by atoms with Gasteiger partial charge >= 0.3 is 0 Å².